The highest BCUT2D eigenvalue weighted by molar-refractivity contribution is 5.73. The molecule has 0 radical (unpaired) electrons. The van der Waals surface area contributed by atoms with Crippen LogP contribution in [0.15, 0.2) is 54.6 Å². The van der Waals surface area contributed by atoms with E-state index in [1.165, 1.54) is 0 Å². The molecule has 0 bridgehead atoms. The molecule has 0 fully saturated rings. The number of benzene rings is 2. The van der Waals surface area contributed by atoms with Crippen LogP contribution in [0.4, 0.5) is 17.5 Å². The van der Waals surface area contributed by atoms with E-state index in [1.54, 1.807) is 0 Å². The SMILES string of the molecule is Cc1cc(C)cc(Nc2cc(-c3ccccc3)nc(NCC(=O)O)n2)c1. The molecule has 3 aromatic rings. The van der Waals surface area contributed by atoms with Crippen molar-refractivity contribution in [2.75, 3.05) is 17.2 Å². The van der Waals surface area contributed by atoms with Gasteiger partial charge in [-0.2, -0.15) is 4.98 Å². The van der Waals surface area contributed by atoms with Crippen LogP contribution in [0, 0.1) is 13.8 Å². The van der Waals surface area contributed by atoms with E-state index < -0.39 is 5.97 Å². The number of anilines is 3. The summed E-state index contributed by atoms with van der Waals surface area (Å²) in [5.41, 5.74) is 4.85. The number of aryl methyl sites for hydroxylation is 2. The average Bonchev–Trinajstić information content (AvgIpc) is 2.59. The van der Waals surface area contributed by atoms with Crippen LogP contribution < -0.4 is 10.6 Å². The molecule has 0 saturated carbocycles. The first-order chi connectivity index (χ1) is 12.5. The lowest BCUT2D eigenvalue weighted by atomic mass is 10.1. The molecule has 132 valence electrons. The molecule has 0 aliphatic heterocycles. The Morgan fingerprint density at radius 2 is 1.69 bits per heavy atom. The van der Waals surface area contributed by atoms with Gasteiger partial charge in [0, 0.05) is 17.3 Å². The molecule has 0 aliphatic rings. The molecular weight excluding hydrogens is 328 g/mol. The highest BCUT2D eigenvalue weighted by atomic mass is 16.4. The maximum Gasteiger partial charge on any atom is 0.322 e. The lowest BCUT2D eigenvalue weighted by molar-refractivity contribution is -0.134. The van der Waals surface area contributed by atoms with E-state index in [9.17, 15) is 4.79 Å². The Morgan fingerprint density at radius 3 is 2.35 bits per heavy atom. The van der Waals surface area contributed by atoms with Gasteiger partial charge in [0.15, 0.2) is 0 Å². The number of carboxylic acids is 1. The molecule has 6 heteroatoms. The van der Waals surface area contributed by atoms with Gasteiger partial charge in [-0.05, 0) is 37.1 Å². The van der Waals surface area contributed by atoms with Gasteiger partial charge in [0.1, 0.15) is 12.4 Å². The van der Waals surface area contributed by atoms with Crippen molar-refractivity contribution < 1.29 is 9.90 Å². The van der Waals surface area contributed by atoms with Crippen LogP contribution in [0.25, 0.3) is 11.3 Å². The lowest BCUT2D eigenvalue weighted by Crippen LogP contribution is -2.15. The van der Waals surface area contributed by atoms with Gasteiger partial charge in [0.2, 0.25) is 5.95 Å². The van der Waals surface area contributed by atoms with E-state index in [0.29, 0.717) is 11.5 Å². The van der Waals surface area contributed by atoms with Crippen LogP contribution in [0.1, 0.15) is 11.1 Å². The third-order valence-corrected chi connectivity index (χ3v) is 3.69. The molecule has 3 rings (SSSR count). The van der Waals surface area contributed by atoms with Crippen LogP contribution in [-0.4, -0.2) is 27.6 Å². The number of nitrogens with one attached hydrogen (secondary N) is 2. The molecule has 0 aliphatic carbocycles. The Kier molecular flexibility index (Phi) is 5.12. The van der Waals surface area contributed by atoms with Crippen LogP contribution in [0.3, 0.4) is 0 Å². The van der Waals surface area contributed by atoms with Crippen LogP contribution >= 0.6 is 0 Å². The van der Waals surface area contributed by atoms with Crippen molar-refractivity contribution in [1.82, 2.24) is 9.97 Å². The summed E-state index contributed by atoms with van der Waals surface area (Å²) in [6.45, 7) is 3.82. The summed E-state index contributed by atoms with van der Waals surface area (Å²) < 4.78 is 0. The second-order valence-electron chi connectivity index (χ2n) is 6.08. The predicted molar refractivity (Wildman–Crippen MR) is 103 cm³/mol. The fraction of sp³-hybridized carbons (Fsp3) is 0.150. The molecule has 0 amide bonds. The largest absolute Gasteiger partial charge is 0.480 e. The summed E-state index contributed by atoms with van der Waals surface area (Å²) in [6, 6.07) is 17.7. The summed E-state index contributed by atoms with van der Waals surface area (Å²) in [6.07, 6.45) is 0. The van der Waals surface area contributed by atoms with Crippen molar-refractivity contribution in [2.45, 2.75) is 13.8 Å². The van der Waals surface area contributed by atoms with Crippen molar-refractivity contribution >= 4 is 23.4 Å². The number of carboxylic acid groups (broad SMARTS) is 1. The van der Waals surface area contributed by atoms with E-state index in [2.05, 4.69) is 26.7 Å². The molecule has 6 nitrogen and oxygen atoms in total. The fourth-order valence-electron chi connectivity index (χ4n) is 2.70. The number of rotatable bonds is 6. The van der Waals surface area contributed by atoms with Crippen LogP contribution in [-0.2, 0) is 4.79 Å². The third kappa shape index (κ3) is 4.57. The quantitative estimate of drug-likeness (QED) is 0.624. The minimum Gasteiger partial charge on any atom is -0.480 e. The second-order valence-corrected chi connectivity index (χ2v) is 6.08. The maximum absolute atomic E-state index is 10.8. The molecular formula is C20H20N4O2. The number of hydrogen-bond donors (Lipinski definition) is 3. The zero-order valence-corrected chi connectivity index (χ0v) is 14.7. The van der Waals surface area contributed by atoms with Gasteiger partial charge in [-0.15, -0.1) is 0 Å². The standard InChI is InChI=1S/C20H20N4O2/c1-13-8-14(2)10-16(9-13)22-18-11-17(15-6-4-3-5-7-15)23-20(24-18)21-12-19(25)26/h3-11H,12H2,1-2H3,(H,25,26)(H2,21,22,23,24). The predicted octanol–water partition coefficient (Wildman–Crippen LogP) is 4.00. The van der Waals surface area contributed by atoms with Crippen molar-refractivity contribution in [3.63, 3.8) is 0 Å². The minimum absolute atomic E-state index is 0.249. The topological polar surface area (TPSA) is 87.1 Å². The Labute approximate surface area is 152 Å². The van der Waals surface area contributed by atoms with E-state index in [-0.39, 0.29) is 12.5 Å². The Hall–Kier alpha value is -3.41. The number of aromatic nitrogens is 2. The van der Waals surface area contributed by atoms with Crippen molar-refractivity contribution in [1.29, 1.82) is 0 Å². The molecule has 2 aromatic carbocycles. The number of nitrogens with zero attached hydrogens (tertiary/aromatic N) is 2. The summed E-state index contributed by atoms with van der Waals surface area (Å²) >= 11 is 0. The van der Waals surface area contributed by atoms with Gasteiger partial charge in [0.25, 0.3) is 0 Å². The summed E-state index contributed by atoms with van der Waals surface area (Å²) in [5, 5.41) is 14.9. The van der Waals surface area contributed by atoms with Gasteiger partial charge < -0.3 is 15.7 Å². The van der Waals surface area contributed by atoms with E-state index in [1.807, 2.05) is 62.4 Å². The first-order valence-electron chi connectivity index (χ1n) is 8.25. The highest BCUT2D eigenvalue weighted by Gasteiger charge is 2.08. The van der Waals surface area contributed by atoms with E-state index in [4.69, 9.17) is 5.11 Å². The number of hydrogen-bond acceptors (Lipinski definition) is 5. The van der Waals surface area contributed by atoms with Gasteiger partial charge in [0.05, 0.1) is 5.69 Å². The molecule has 0 unspecified atom stereocenters. The van der Waals surface area contributed by atoms with Crippen LogP contribution in [0.2, 0.25) is 0 Å². The first kappa shape index (κ1) is 17.4. The Bertz CT molecular complexity index is 906. The van der Waals surface area contributed by atoms with Gasteiger partial charge in [-0.3, -0.25) is 4.79 Å². The monoisotopic (exact) mass is 348 g/mol. The average molecular weight is 348 g/mol. The van der Waals surface area contributed by atoms with Gasteiger partial charge in [-0.25, -0.2) is 4.98 Å². The van der Waals surface area contributed by atoms with Gasteiger partial charge >= 0.3 is 5.97 Å². The summed E-state index contributed by atoms with van der Waals surface area (Å²) in [7, 11) is 0. The molecule has 1 heterocycles. The smallest absolute Gasteiger partial charge is 0.322 e. The zero-order valence-electron chi connectivity index (χ0n) is 14.7. The first-order valence-corrected chi connectivity index (χ1v) is 8.25. The maximum atomic E-state index is 10.8. The molecule has 0 spiro atoms. The van der Waals surface area contributed by atoms with E-state index in [0.717, 1.165) is 22.4 Å². The molecule has 0 atom stereocenters. The fourth-order valence-corrected chi connectivity index (χ4v) is 2.70. The van der Waals surface area contributed by atoms with Crippen molar-refractivity contribution in [3.05, 3.63) is 65.7 Å². The number of aliphatic carboxylic acids is 1. The van der Waals surface area contributed by atoms with Crippen molar-refractivity contribution in [3.8, 4) is 11.3 Å². The molecule has 3 N–H and O–H groups in total. The van der Waals surface area contributed by atoms with Gasteiger partial charge in [-0.1, -0.05) is 36.4 Å². The molecule has 1 aromatic heterocycles. The third-order valence-electron chi connectivity index (χ3n) is 3.69. The zero-order chi connectivity index (χ0) is 18.5. The van der Waals surface area contributed by atoms with Crippen LogP contribution in [0.5, 0.6) is 0 Å². The summed E-state index contributed by atoms with van der Waals surface area (Å²) in [5.74, 6) is -0.111. The Morgan fingerprint density at radius 1 is 1.00 bits per heavy atom. The minimum atomic E-state index is -0.970. The molecule has 0 saturated heterocycles. The van der Waals surface area contributed by atoms with Crippen molar-refractivity contribution in [2.24, 2.45) is 0 Å². The Balaban J connectivity index is 1.97. The lowest BCUT2D eigenvalue weighted by Gasteiger charge is -2.12. The summed E-state index contributed by atoms with van der Waals surface area (Å²) in [4.78, 5) is 19.7. The van der Waals surface area contributed by atoms with E-state index >= 15 is 0 Å². The molecule has 26 heavy (non-hydrogen) atoms. The highest BCUT2D eigenvalue weighted by Crippen LogP contribution is 2.24. The second kappa shape index (κ2) is 7.65. The normalized spacial score (nSPS) is 10.4. The number of carbonyl (C=O) groups is 1.